The standard InChI is InChI=1S/C12H14N2O3/c1-8-6-9(2-3-10(8)15)12(17)14-5-4-13-11(16)7-14/h2-3,6,15H,4-5,7H2,1H3,(H,13,16). The third-order valence-electron chi connectivity index (χ3n) is 2.77. The zero-order chi connectivity index (χ0) is 12.4. The lowest BCUT2D eigenvalue weighted by Gasteiger charge is -2.26. The lowest BCUT2D eigenvalue weighted by Crippen LogP contribution is -2.49. The number of benzene rings is 1. The van der Waals surface area contributed by atoms with E-state index in [0.717, 1.165) is 0 Å². The average Bonchev–Trinajstić information content (AvgIpc) is 2.32. The highest BCUT2D eigenvalue weighted by atomic mass is 16.3. The number of carbonyl (C=O) groups is 2. The van der Waals surface area contributed by atoms with E-state index in [0.29, 0.717) is 24.2 Å². The summed E-state index contributed by atoms with van der Waals surface area (Å²) in [5.41, 5.74) is 1.15. The molecule has 1 saturated heterocycles. The van der Waals surface area contributed by atoms with E-state index in [1.807, 2.05) is 0 Å². The van der Waals surface area contributed by atoms with Crippen LogP contribution in [0, 0.1) is 6.92 Å². The highest BCUT2D eigenvalue weighted by Gasteiger charge is 2.22. The highest BCUT2D eigenvalue weighted by Crippen LogP contribution is 2.18. The summed E-state index contributed by atoms with van der Waals surface area (Å²) in [4.78, 5) is 24.8. The van der Waals surface area contributed by atoms with Gasteiger partial charge in [0.15, 0.2) is 0 Å². The summed E-state index contributed by atoms with van der Waals surface area (Å²) in [6.07, 6.45) is 0. The number of piperazine rings is 1. The molecule has 2 N–H and O–H groups in total. The topological polar surface area (TPSA) is 69.6 Å². The number of hydrogen-bond donors (Lipinski definition) is 2. The van der Waals surface area contributed by atoms with Gasteiger partial charge in [0.2, 0.25) is 5.91 Å². The summed E-state index contributed by atoms with van der Waals surface area (Å²) in [7, 11) is 0. The second kappa shape index (κ2) is 4.45. The third-order valence-corrected chi connectivity index (χ3v) is 2.77. The zero-order valence-corrected chi connectivity index (χ0v) is 9.56. The maximum atomic E-state index is 12.1. The van der Waals surface area contributed by atoms with Crippen LogP contribution in [0.1, 0.15) is 15.9 Å². The maximum Gasteiger partial charge on any atom is 0.254 e. The molecule has 0 aliphatic carbocycles. The summed E-state index contributed by atoms with van der Waals surface area (Å²) in [6, 6.07) is 4.69. The Kier molecular flexibility index (Phi) is 2.99. The number of carbonyl (C=O) groups excluding carboxylic acids is 2. The molecule has 17 heavy (non-hydrogen) atoms. The van der Waals surface area contributed by atoms with E-state index in [2.05, 4.69) is 5.32 Å². The van der Waals surface area contributed by atoms with Crippen LogP contribution in [0.5, 0.6) is 5.75 Å². The van der Waals surface area contributed by atoms with Gasteiger partial charge in [0.05, 0.1) is 6.54 Å². The molecule has 1 aliphatic heterocycles. The van der Waals surface area contributed by atoms with Crippen LogP contribution in [0.4, 0.5) is 0 Å². The monoisotopic (exact) mass is 234 g/mol. The summed E-state index contributed by atoms with van der Waals surface area (Å²) < 4.78 is 0. The molecule has 2 amide bonds. The van der Waals surface area contributed by atoms with Crippen molar-refractivity contribution in [3.05, 3.63) is 29.3 Å². The molecule has 0 spiro atoms. The van der Waals surface area contributed by atoms with Gasteiger partial charge >= 0.3 is 0 Å². The van der Waals surface area contributed by atoms with E-state index < -0.39 is 0 Å². The highest BCUT2D eigenvalue weighted by molar-refractivity contribution is 5.97. The average molecular weight is 234 g/mol. The van der Waals surface area contributed by atoms with Gasteiger partial charge < -0.3 is 15.3 Å². The quantitative estimate of drug-likeness (QED) is 0.733. The van der Waals surface area contributed by atoms with Gasteiger partial charge in [0.1, 0.15) is 5.75 Å². The predicted molar refractivity (Wildman–Crippen MR) is 61.8 cm³/mol. The number of phenols is 1. The van der Waals surface area contributed by atoms with Gasteiger partial charge in [-0.3, -0.25) is 9.59 Å². The minimum atomic E-state index is -0.178. The molecule has 0 saturated carbocycles. The van der Waals surface area contributed by atoms with Crippen molar-refractivity contribution in [2.24, 2.45) is 0 Å². The Morgan fingerprint density at radius 1 is 1.47 bits per heavy atom. The van der Waals surface area contributed by atoms with E-state index in [9.17, 15) is 14.7 Å². The minimum absolute atomic E-state index is 0.0960. The Bertz CT molecular complexity index is 471. The molecule has 0 bridgehead atoms. The van der Waals surface area contributed by atoms with Crippen LogP contribution in [0.3, 0.4) is 0 Å². The van der Waals surface area contributed by atoms with Gasteiger partial charge in [-0.2, -0.15) is 0 Å². The molecule has 1 aromatic rings. The number of aromatic hydroxyl groups is 1. The Morgan fingerprint density at radius 3 is 2.88 bits per heavy atom. The lowest BCUT2D eigenvalue weighted by molar-refractivity contribution is -0.123. The first kappa shape index (κ1) is 11.4. The number of aryl methyl sites for hydroxylation is 1. The maximum absolute atomic E-state index is 12.1. The van der Waals surface area contributed by atoms with Crippen molar-refractivity contribution < 1.29 is 14.7 Å². The molecular formula is C12H14N2O3. The van der Waals surface area contributed by atoms with Crippen LogP contribution in [0.25, 0.3) is 0 Å². The van der Waals surface area contributed by atoms with Crippen LogP contribution in [0.15, 0.2) is 18.2 Å². The van der Waals surface area contributed by atoms with Gasteiger partial charge in [-0.25, -0.2) is 0 Å². The van der Waals surface area contributed by atoms with E-state index in [4.69, 9.17) is 0 Å². The van der Waals surface area contributed by atoms with Gasteiger partial charge in [-0.1, -0.05) is 0 Å². The van der Waals surface area contributed by atoms with Crippen LogP contribution in [-0.2, 0) is 4.79 Å². The fourth-order valence-electron chi connectivity index (χ4n) is 1.78. The van der Waals surface area contributed by atoms with Crippen molar-refractivity contribution in [1.29, 1.82) is 0 Å². The summed E-state index contributed by atoms with van der Waals surface area (Å²) >= 11 is 0. The molecule has 5 nitrogen and oxygen atoms in total. The second-order valence-electron chi connectivity index (χ2n) is 4.08. The van der Waals surface area contributed by atoms with Gasteiger partial charge in [0.25, 0.3) is 5.91 Å². The molecule has 1 heterocycles. The summed E-state index contributed by atoms with van der Waals surface area (Å²) in [5.74, 6) is -0.152. The number of nitrogens with one attached hydrogen (secondary N) is 1. The van der Waals surface area contributed by atoms with Crippen molar-refractivity contribution in [3.8, 4) is 5.75 Å². The SMILES string of the molecule is Cc1cc(C(=O)N2CCNC(=O)C2)ccc1O. The van der Waals surface area contributed by atoms with Crippen LogP contribution >= 0.6 is 0 Å². The van der Waals surface area contributed by atoms with E-state index in [-0.39, 0.29) is 24.1 Å². The molecule has 0 radical (unpaired) electrons. The fourth-order valence-corrected chi connectivity index (χ4v) is 1.78. The Labute approximate surface area is 99.0 Å². The molecule has 1 aromatic carbocycles. The molecule has 0 atom stereocenters. The molecular weight excluding hydrogens is 220 g/mol. The van der Waals surface area contributed by atoms with E-state index in [1.54, 1.807) is 19.1 Å². The van der Waals surface area contributed by atoms with Gasteiger partial charge in [-0.15, -0.1) is 0 Å². The Morgan fingerprint density at radius 2 is 2.24 bits per heavy atom. The molecule has 2 rings (SSSR count). The smallest absolute Gasteiger partial charge is 0.254 e. The van der Waals surface area contributed by atoms with Gasteiger partial charge in [-0.05, 0) is 30.7 Å². The lowest BCUT2D eigenvalue weighted by atomic mass is 10.1. The number of phenolic OH excluding ortho intramolecular Hbond substituents is 1. The number of amides is 2. The molecule has 0 aromatic heterocycles. The van der Waals surface area contributed by atoms with Crippen molar-refractivity contribution in [2.75, 3.05) is 19.6 Å². The van der Waals surface area contributed by atoms with Crippen LogP contribution in [0.2, 0.25) is 0 Å². The normalized spacial score (nSPS) is 15.6. The Hall–Kier alpha value is -2.04. The predicted octanol–water partition coefficient (Wildman–Crippen LogP) is 0.273. The van der Waals surface area contributed by atoms with Crippen LogP contribution < -0.4 is 5.32 Å². The van der Waals surface area contributed by atoms with E-state index in [1.165, 1.54) is 11.0 Å². The molecule has 5 heteroatoms. The minimum Gasteiger partial charge on any atom is -0.508 e. The fraction of sp³-hybridized carbons (Fsp3) is 0.333. The first-order valence-electron chi connectivity index (χ1n) is 5.43. The van der Waals surface area contributed by atoms with E-state index >= 15 is 0 Å². The van der Waals surface area contributed by atoms with Crippen molar-refractivity contribution in [1.82, 2.24) is 10.2 Å². The molecule has 1 fully saturated rings. The number of rotatable bonds is 1. The molecule has 90 valence electrons. The summed E-state index contributed by atoms with van der Waals surface area (Å²) in [5, 5.41) is 12.1. The number of nitrogens with zero attached hydrogens (tertiary/aromatic N) is 1. The van der Waals surface area contributed by atoms with Crippen molar-refractivity contribution >= 4 is 11.8 Å². The Balaban J connectivity index is 2.18. The first-order valence-corrected chi connectivity index (χ1v) is 5.43. The second-order valence-corrected chi connectivity index (χ2v) is 4.08. The first-order chi connectivity index (χ1) is 8.08. The van der Waals surface area contributed by atoms with Crippen molar-refractivity contribution in [3.63, 3.8) is 0 Å². The van der Waals surface area contributed by atoms with Gasteiger partial charge in [0, 0.05) is 18.7 Å². The van der Waals surface area contributed by atoms with Crippen molar-refractivity contribution in [2.45, 2.75) is 6.92 Å². The molecule has 0 unspecified atom stereocenters. The summed E-state index contributed by atoms with van der Waals surface area (Å²) in [6.45, 7) is 2.83. The number of hydrogen-bond acceptors (Lipinski definition) is 3. The molecule has 1 aliphatic rings. The van der Waals surface area contributed by atoms with Crippen LogP contribution in [-0.4, -0.2) is 41.5 Å². The third kappa shape index (κ3) is 2.38. The largest absolute Gasteiger partial charge is 0.508 e. The zero-order valence-electron chi connectivity index (χ0n) is 9.56.